The summed E-state index contributed by atoms with van der Waals surface area (Å²) in [5.41, 5.74) is 5.41. The molecule has 0 heterocycles. The Bertz CT molecular complexity index is 1680. The van der Waals surface area contributed by atoms with Gasteiger partial charge in [-0.25, -0.2) is 4.57 Å². The lowest BCUT2D eigenvalue weighted by atomic mass is 10.0. The van der Waals surface area contributed by atoms with Gasteiger partial charge in [-0.1, -0.05) is 376 Å². The number of allylic oxidation sites excluding steroid dienone is 10. The zero-order valence-corrected chi connectivity index (χ0v) is 61.2. The monoisotopic (exact) mass is 1300 g/mol. The van der Waals surface area contributed by atoms with Gasteiger partial charge in [0.25, 0.3) is 0 Å². The molecule has 0 amide bonds. The largest absolute Gasteiger partial charge is 0.472 e. The highest BCUT2D eigenvalue weighted by molar-refractivity contribution is 7.47. The smallest absolute Gasteiger partial charge is 0.462 e. The van der Waals surface area contributed by atoms with E-state index in [1.165, 1.54) is 327 Å². The number of rotatable bonds is 76. The summed E-state index contributed by atoms with van der Waals surface area (Å²) in [6.07, 6.45) is 101. The minimum Gasteiger partial charge on any atom is -0.462 e. The lowest BCUT2D eigenvalue weighted by Crippen LogP contribution is -2.29. The summed E-state index contributed by atoms with van der Waals surface area (Å²) >= 11 is 0. The average molecular weight is 1300 g/mol. The highest BCUT2D eigenvalue weighted by atomic mass is 31.2. The molecule has 10 heteroatoms. The quantitative estimate of drug-likeness (QED) is 0.0264. The molecule has 91 heavy (non-hydrogen) atoms. The van der Waals surface area contributed by atoms with Gasteiger partial charge < -0.3 is 20.1 Å². The molecule has 0 fully saturated rings. The standard InChI is InChI=1S/C81H152NO8P/c1-3-5-7-9-11-13-15-17-19-21-23-25-27-29-31-33-35-36-37-38-39-40-41-42-44-45-47-49-51-53-55-57-59-61-63-65-67-69-71-73-80(83)87-77-79(78-89-91(85,86)88-76-75-82)90-81(84)74-72-70-68-66-64-62-60-58-56-54-52-50-48-46-43-34-32-30-28-26-24-22-20-18-16-14-12-10-8-6-4-2/h15-18,21-24,28,30,79H,3-14,19-20,25-27,29,31-78,82H2,1-2H3,(H,85,86)/b17-15-,18-16-,23-21-,24-22-,30-28-. The number of hydrogen-bond acceptors (Lipinski definition) is 8. The van der Waals surface area contributed by atoms with E-state index < -0.39 is 26.5 Å². The summed E-state index contributed by atoms with van der Waals surface area (Å²) in [5.74, 6) is -0.806. The maximum atomic E-state index is 12.8. The molecule has 0 saturated heterocycles. The molecule has 0 radical (unpaired) electrons. The Morgan fingerprint density at radius 1 is 0.330 bits per heavy atom. The molecule has 0 aromatic rings. The third-order valence-electron chi connectivity index (χ3n) is 17.9. The third-order valence-corrected chi connectivity index (χ3v) is 18.9. The molecule has 3 N–H and O–H groups in total. The Hall–Kier alpha value is -2.29. The molecule has 0 aliphatic heterocycles. The van der Waals surface area contributed by atoms with Crippen LogP contribution in [0.2, 0.25) is 0 Å². The van der Waals surface area contributed by atoms with E-state index in [2.05, 4.69) is 74.6 Å². The normalized spacial score (nSPS) is 13.1. The van der Waals surface area contributed by atoms with Gasteiger partial charge in [-0.2, -0.15) is 0 Å². The number of esters is 2. The second-order valence-corrected chi connectivity index (χ2v) is 28.4. The highest BCUT2D eigenvalue weighted by Crippen LogP contribution is 2.43. The van der Waals surface area contributed by atoms with E-state index >= 15 is 0 Å². The van der Waals surface area contributed by atoms with Crippen molar-refractivity contribution in [3.63, 3.8) is 0 Å². The number of phosphoric ester groups is 1. The molecule has 9 nitrogen and oxygen atoms in total. The summed E-state index contributed by atoms with van der Waals surface area (Å²) in [6.45, 7) is 3.79. The SMILES string of the molecule is CCCCCCC/C=C\C/C=C\C/C=C\CCCCCCCCCCCCCCCCCCC(=O)OC(COC(=O)CCCCCCCCCCCCCCCCCCCCCCCCCCCCC/C=C\C/C=C\CCCCCCC)COP(=O)(O)OCCN. The van der Waals surface area contributed by atoms with Crippen molar-refractivity contribution in [1.82, 2.24) is 0 Å². The Morgan fingerprint density at radius 2 is 0.571 bits per heavy atom. The van der Waals surface area contributed by atoms with Gasteiger partial charge in [-0.15, -0.1) is 0 Å². The van der Waals surface area contributed by atoms with Gasteiger partial charge in [-0.3, -0.25) is 18.6 Å². The number of carbonyl (C=O) groups is 2. The van der Waals surface area contributed by atoms with Crippen LogP contribution >= 0.6 is 7.82 Å². The molecule has 534 valence electrons. The fraction of sp³-hybridized carbons (Fsp3) is 0.852. The van der Waals surface area contributed by atoms with Crippen LogP contribution in [0.4, 0.5) is 0 Å². The summed E-state index contributed by atoms with van der Waals surface area (Å²) < 4.78 is 33.3. The van der Waals surface area contributed by atoms with E-state index in [9.17, 15) is 19.0 Å². The number of unbranched alkanes of at least 4 members (excludes halogenated alkanes) is 53. The van der Waals surface area contributed by atoms with E-state index in [1.807, 2.05) is 0 Å². The van der Waals surface area contributed by atoms with E-state index in [-0.39, 0.29) is 38.6 Å². The van der Waals surface area contributed by atoms with E-state index in [1.54, 1.807) is 0 Å². The predicted molar refractivity (Wildman–Crippen MR) is 395 cm³/mol. The van der Waals surface area contributed by atoms with Crippen molar-refractivity contribution in [3.8, 4) is 0 Å². The summed E-state index contributed by atoms with van der Waals surface area (Å²) in [6, 6.07) is 0. The van der Waals surface area contributed by atoms with Gasteiger partial charge in [-0.05, 0) is 83.5 Å². The van der Waals surface area contributed by atoms with Crippen LogP contribution in [-0.4, -0.2) is 49.3 Å². The van der Waals surface area contributed by atoms with Gasteiger partial charge in [0.05, 0.1) is 13.2 Å². The van der Waals surface area contributed by atoms with Crippen LogP contribution in [0.3, 0.4) is 0 Å². The van der Waals surface area contributed by atoms with Crippen molar-refractivity contribution in [2.24, 2.45) is 5.73 Å². The zero-order valence-electron chi connectivity index (χ0n) is 60.3. The van der Waals surface area contributed by atoms with E-state index in [4.69, 9.17) is 24.3 Å². The van der Waals surface area contributed by atoms with Crippen molar-refractivity contribution in [3.05, 3.63) is 60.8 Å². The van der Waals surface area contributed by atoms with E-state index in [0.29, 0.717) is 6.42 Å². The van der Waals surface area contributed by atoms with Crippen molar-refractivity contribution in [2.45, 2.75) is 418 Å². The molecule has 0 aliphatic carbocycles. The number of ether oxygens (including phenoxy) is 2. The zero-order chi connectivity index (χ0) is 65.8. The minimum absolute atomic E-state index is 0.0548. The predicted octanol–water partition coefficient (Wildman–Crippen LogP) is 26.5. The van der Waals surface area contributed by atoms with Crippen LogP contribution in [0.25, 0.3) is 0 Å². The summed E-state index contributed by atoms with van der Waals surface area (Å²) in [5, 5.41) is 0. The summed E-state index contributed by atoms with van der Waals surface area (Å²) in [7, 11) is -4.40. The molecule has 0 aromatic carbocycles. The first-order chi connectivity index (χ1) is 44.8. The Morgan fingerprint density at radius 3 is 0.846 bits per heavy atom. The fourth-order valence-corrected chi connectivity index (χ4v) is 12.7. The van der Waals surface area contributed by atoms with Crippen LogP contribution in [0.5, 0.6) is 0 Å². The number of nitrogens with two attached hydrogens (primary N) is 1. The van der Waals surface area contributed by atoms with Crippen molar-refractivity contribution in [2.75, 3.05) is 26.4 Å². The van der Waals surface area contributed by atoms with Gasteiger partial charge in [0.15, 0.2) is 6.10 Å². The molecular formula is C81H152NO8P. The second-order valence-electron chi connectivity index (χ2n) is 26.9. The molecule has 2 atom stereocenters. The third kappa shape index (κ3) is 76.6. The number of hydrogen-bond donors (Lipinski definition) is 2. The molecule has 0 aliphatic rings. The first-order valence-electron chi connectivity index (χ1n) is 39.8. The maximum absolute atomic E-state index is 12.8. The van der Waals surface area contributed by atoms with Crippen LogP contribution in [0, 0.1) is 0 Å². The van der Waals surface area contributed by atoms with Crippen molar-refractivity contribution < 1.29 is 37.6 Å². The Labute approximate surface area is 565 Å². The van der Waals surface area contributed by atoms with Gasteiger partial charge in [0, 0.05) is 19.4 Å². The van der Waals surface area contributed by atoms with Crippen LogP contribution in [0.15, 0.2) is 60.8 Å². The lowest BCUT2D eigenvalue weighted by Gasteiger charge is -2.19. The van der Waals surface area contributed by atoms with Gasteiger partial charge >= 0.3 is 19.8 Å². The molecule has 0 spiro atoms. The molecule has 0 bridgehead atoms. The molecule has 0 rings (SSSR count). The van der Waals surface area contributed by atoms with Crippen LogP contribution in [-0.2, 0) is 32.7 Å². The second kappa shape index (κ2) is 76.7. The summed E-state index contributed by atoms with van der Waals surface area (Å²) in [4.78, 5) is 35.4. The van der Waals surface area contributed by atoms with Crippen LogP contribution in [0.1, 0.15) is 412 Å². The van der Waals surface area contributed by atoms with Gasteiger partial charge in [0.2, 0.25) is 0 Å². The highest BCUT2D eigenvalue weighted by Gasteiger charge is 2.26. The van der Waals surface area contributed by atoms with Gasteiger partial charge in [0.1, 0.15) is 6.61 Å². The number of phosphoric acid groups is 1. The van der Waals surface area contributed by atoms with E-state index in [0.717, 1.165) is 51.4 Å². The minimum atomic E-state index is -4.40. The van der Waals surface area contributed by atoms with Crippen molar-refractivity contribution >= 4 is 19.8 Å². The molecule has 2 unspecified atom stereocenters. The maximum Gasteiger partial charge on any atom is 0.472 e. The first kappa shape index (κ1) is 88.7. The molecular weight excluding hydrogens is 1150 g/mol. The topological polar surface area (TPSA) is 134 Å². The first-order valence-corrected chi connectivity index (χ1v) is 41.3. The number of carbonyl (C=O) groups excluding carboxylic acids is 2. The Balaban J connectivity index is 3.76. The Kier molecular flexibility index (Phi) is 74.8. The lowest BCUT2D eigenvalue weighted by molar-refractivity contribution is -0.161. The average Bonchev–Trinajstić information content (AvgIpc) is 3.71. The fourth-order valence-electron chi connectivity index (χ4n) is 12.0. The molecule has 0 saturated carbocycles. The van der Waals surface area contributed by atoms with Crippen LogP contribution < -0.4 is 5.73 Å². The van der Waals surface area contributed by atoms with Crippen molar-refractivity contribution in [1.29, 1.82) is 0 Å². The molecule has 0 aromatic heterocycles.